The van der Waals surface area contributed by atoms with E-state index in [9.17, 15) is 18.4 Å². The molecule has 0 spiro atoms. The Morgan fingerprint density at radius 1 is 1.36 bits per heavy atom. The number of aromatic nitrogens is 1. The molecule has 0 aliphatic carbocycles. The number of hydrogen-bond acceptors (Lipinski definition) is 5. The summed E-state index contributed by atoms with van der Waals surface area (Å²) in [5, 5.41) is 2.85. The number of rotatable bonds is 6. The average Bonchev–Trinajstić information content (AvgIpc) is 2.56. The quantitative estimate of drug-likeness (QED) is 0.596. The molecule has 1 amide bonds. The van der Waals surface area contributed by atoms with Gasteiger partial charge in [0.1, 0.15) is 5.03 Å². The maximum absolute atomic E-state index is 12.5. The van der Waals surface area contributed by atoms with E-state index in [0.29, 0.717) is 10.7 Å². The number of benzene rings is 1. The van der Waals surface area contributed by atoms with Gasteiger partial charge in [0.2, 0.25) is 0 Å². The largest absolute Gasteiger partial charge is 0.452 e. The van der Waals surface area contributed by atoms with E-state index >= 15 is 0 Å². The van der Waals surface area contributed by atoms with Crippen molar-refractivity contribution in [2.24, 2.45) is 0 Å². The van der Waals surface area contributed by atoms with Crippen molar-refractivity contribution >= 4 is 40.9 Å². The predicted molar refractivity (Wildman–Crippen MR) is 91.2 cm³/mol. The maximum atomic E-state index is 12.5. The first-order valence-electron chi connectivity index (χ1n) is 7.00. The summed E-state index contributed by atoms with van der Waals surface area (Å²) in [4.78, 5) is 27.6. The zero-order chi connectivity index (χ0) is 18.4. The summed E-state index contributed by atoms with van der Waals surface area (Å²) >= 11 is 5.99. The highest BCUT2D eigenvalue weighted by molar-refractivity contribution is 7.99. The molecule has 0 aliphatic rings. The zero-order valence-electron chi connectivity index (χ0n) is 13.0. The van der Waals surface area contributed by atoms with E-state index in [2.05, 4.69) is 10.3 Å². The van der Waals surface area contributed by atoms with Gasteiger partial charge in [-0.2, -0.15) is 8.78 Å². The third-order valence-corrected chi connectivity index (χ3v) is 3.96. The molecule has 5 nitrogen and oxygen atoms in total. The van der Waals surface area contributed by atoms with Crippen molar-refractivity contribution < 1.29 is 23.1 Å². The first-order chi connectivity index (χ1) is 11.9. The van der Waals surface area contributed by atoms with Crippen molar-refractivity contribution in [2.45, 2.75) is 17.7 Å². The second-order valence-electron chi connectivity index (χ2n) is 4.82. The molecule has 2 aromatic rings. The molecule has 1 aromatic heterocycles. The number of nitrogens with one attached hydrogen (secondary N) is 1. The summed E-state index contributed by atoms with van der Waals surface area (Å²) in [6.07, 6.45) is 1.29. The smallest absolute Gasteiger partial charge is 0.341 e. The Balaban J connectivity index is 1.98. The van der Waals surface area contributed by atoms with Crippen LogP contribution in [0.2, 0.25) is 5.02 Å². The molecule has 9 heteroatoms. The Kier molecular flexibility index (Phi) is 6.72. The number of halogens is 3. The lowest BCUT2D eigenvalue weighted by atomic mass is 10.2. The van der Waals surface area contributed by atoms with Gasteiger partial charge in [0.15, 0.2) is 6.61 Å². The van der Waals surface area contributed by atoms with Gasteiger partial charge < -0.3 is 10.1 Å². The summed E-state index contributed by atoms with van der Waals surface area (Å²) in [7, 11) is 0. The molecular weight excluding hydrogens is 374 g/mol. The highest BCUT2D eigenvalue weighted by atomic mass is 35.5. The molecule has 0 saturated heterocycles. The second kappa shape index (κ2) is 8.77. The molecule has 0 unspecified atom stereocenters. The lowest BCUT2D eigenvalue weighted by Gasteiger charge is -2.10. The first kappa shape index (κ1) is 19.1. The Morgan fingerprint density at radius 3 is 2.84 bits per heavy atom. The lowest BCUT2D eigenvalue weighted by molar-refractivity contribution is -0.119. The predicted octanol–water partition coefficient (Wildman–Crippen LogP) is 4.15. The van der Waals surface area contributed by atoms with Gasteiger partial charge in [0, 0.05) is 16.9 Å². The number of nitrogens with zero attached hydrogens (tertiary/aromatic N) is 1. The first-order valence-corrected chi connectivity index (χ1v) is 8.25. The molecule has 0 atom stereocenters. The summed E-state index contributed by atoms with van der Waals surface area (Å²) in [6, 6.07) is 7.69. The van der Waals surface area contributed by atoms with Crippen LogP contribution in [-0.2, 0) is 9.53 Å². The Bertz CT molecular complexity index is 790. The number of esters is 1. The van der Waals surface area contributed by atoms with Crippen molar-refractivity contribution in [3.63, 3.8) is 0 Å². The number of aryl methyl sites for hydroxylation is 1. The van der Waals surface area contributed by atoms with Crippen molar-refractivity contribution in [1.82, 2.24) is 4.98 Å². The standard InChI is InChI=1S/C16H13ClF2N2O3S/c1-9-4-5-10(17)7-12(9)21-13(22)8-24-15(23)11-3-2-6-20-14(11)25-16(18)19/h2-7,16H,8H2,1H3,(H,21,22). The molecule has 0 saturated carbocycles. The monoisotopic (exact) mass is 386 g/mol. The number of alkyl halides is 2. The minimum atomic E-state index is -2.73. The van der Waals surface area contributed by atoms with Crippen LogP contribution in [0.3, 0.4) is 0 Å². The topological polar surface area (TPSA) is 68.3 Å². The average molecular weight is 387 g/mol. The number of carbonyl (C=O) groups excluding carboxylic acids is 2. The van der Waals surface area contributed by atoms with Crippen LogP contribution in [0.25, 0.3) is 0 Å². The van der Waals surface area contributed by atoms with Crippen LogP contribution in [0.4, 0.5) is 14.5 Å². The zero-order valence-corrected chi connectivity index (χ0v) is 14.5. The van der Waals surface area contributed by atoms with Crippen molar-refractivity contribution in [3.8, 4) is 0 Å². The molecule has 1 N–H and O–H groups in total. The van der Waals surface area contributed by atoms with Crippen LogP contribution in [0, 0.1) is 6.92 Å². The molecule has 1 aromatic carbocycles. The highest BCUT2D eigenvalue weighted by Crippen LogP contribution is 2.26. The molecular formula is C16H13ClF2N2O3S. The van der Waals surface area contributed by atoms with Crippen LogP contribution in [0.5, 0.6) is 0 Å². The van der Waals surface area contributed by atoms with Crippen LogP contribution >= 0.6 is 23.4 Å². The van der Waals surface area contributed by atoms with Gasteiger partial charge in [-0.3, -0.25) is 4.79 Å². The van der Waals surface area contributed by atoms with Crippen LogP contribution in [0.15, 0.2) is 41.6 Å². The van der Waals surface area contributed by atoms with E-state index in [-0.39, 0.29) is 22.4 Å². The van der Waals surface area contributed by atoms with Crippen LogP contribution in [-0.4, -0.2) is 29.2 Å². The van der Waals surface area contributed by atoms with Gasteiger partial charge in [-0.05, 0) is 48.5 Å². The van der Waals surface area contributed by atoms with Gasteiger partial charge in [0.25, 0.3) is 11.7 Å². The molecule has 0 radical (unpaired) electrons. The van der Waals surface area contributed by atoms with E-state index in [4.69, 9.17) is 16.3 Å². The number of hydrogen-bond donors (Lipinski definition) is 1. The van der Waals surface area contributed by atoms with E-state index in [0.717, 1.165) is 5.56 Å². The fourth-order valence-corrected chi connectivity index (χ4v) is 2.59. The number of thioether (sulfide) groups is 1. The number of amides is 1. The van der Waals surface area contributed by atoms with E-state index in [1.165, 1.54) is 18.3 Å². The van der Waals surface area contributed by atoms with Crippen molar-refractivity contribution in [2.75, 3.05) is 11.9 Å². The second-order valence-corrected chi connectivity index (χ2v) is 6.23. The normalized spacial score (nSPS) is 10.6. The van der Waals surface area contributed by atoms with Crippen LogP contribution < -0.4 is 5.32 Å². The van der Waals surface area contributed by atoms with Gasteiger partial charge >= 0.3 is 5.97 Å². The molecule has 1 heterocycles. The fourth-order valence-electron chi connectivity index (χ4n) is 1.85. The summed E-state index contributed by atoms with van der Waals surface area (Å²) in [6.45, 7) is 1.21. The van der Waals surface area contributed by atoms with E-state index in [1.807, 2.05) is 0 Å². The lowest BCUT2D eigenvalue weighted by Crippen LogP contribution is -2.21. The minimum absolute atomic E-state index is 0.125. The third kappa shape index (κ3) is 5.68. The van der Waals surface area contributed by atoms with Crippen molar-refractivity contribution in [3.05, 3.63) is 52.7 Å². The van der Waals surface area contributed by atoms with Crippen molar-refractivity contribution in [1.29, 1.82) is 0 Å². The molecule has 2 rings (SSSR count). The summed E-state index contributed by atoms with van der Waals surface area (Å²) in [5.41, 5.74) is 1.15. The Morgan fingerprint density at radius 2 is 2.12 bits per heavy atom. The fraction of sp³-hybridized carbons (Fsp3) is 0.188. The number of pyridine rings is 1. The minimum Gasteiger partial charge on any atom is -0.452 e. The van der Waals surface area contributed by atoms with Gasteiger partial charge in [-0.1, -0.05) is 17.7 Å². The maximum Gasteiger partial charge on any atom is 0.341 e. The molecule has 0 bridgehead atoms. The summed E-state index contributed by atoms with van der Waals surface area (Å²) in [5.74, 6) is -4.21. The number of ether oxygens (including phenoxy) is 1. The Labute approximate surface area is 151 Å². The molecule has 0 fully saturated rings. The summed E-state index contributed by atoms with van der Waals surface area (Å²) < 4.78 is 29.8. The number of anilines is 1. The molecule has 25 heavy (non-hydrogen) atoms. The number of carbonyl (C=O) groups is 2. The van der Waals surface area contributed by atoms with E-state index in [1.54, 1.807) is 25.1 Å². The van der Waals surface area contributed by atoms with E-state index < -0.39 is 24.2 Å². The highest BCUT2D eigenvalue weighted by Gasteiger charge is 2.19. The SMILES string of the molecule is Cc1ccc(Cl)cc1NC(=O)COC(=O)c1cccnc1SC(F)F. The van der Waals surface area contributed by atoms with Gasteiger partial charge in [-0.15, -0.1) is 0 Å². The molecule has 0 aliphatic heterocycles. The van der Waals surface area contributed by atoms with Gasteiger partial charge in [0.05, 0.1) is 5.56 Å². The van der Waals surface area contributed by atoms with Crippen LogP contribution in [0.1, 0.15) is 15.9 Å². The third-order valence-electron chi connectivity index (χ3n) is 3.00. The Hall–Kier alpha value is -2.19. The van der Waals surface area contributed by atoms with Gasteiger partial charge in [-0.25, -0.2) is 9.78 Å². The molecule has 132 valence electrons.